The second-order valence-electron chi connectivity index (χ2n) is 6.53. The van der Waals surface area contributed by atoms with E-state index in [4.69, 9.17) is 4.74 Å². The van der Waals surface area contributed by atoms with Crippen LogP contribution in [0.1, 0.15) is 22.7 Å². The zero-order valence-corrected chi connectivity index (χ0v) is 20.9. The summed E-state index contributed by atoms with van der Waals surface area (Å²) in [5, 5.41) is 9.96. The third kappa shape index (κ3) is 4.63. The molecule has 0 fully saturated rings. The Hall–Kier alpha value is -0.760. The Morgan fingerprint density at radius 2 is 1.93 bits per heavy atom. The molecule has 4 nitrogen and oxygen atoms in total. The average Bonchev–Trinajstić information content (AvgIpc) is 2.63. The van der Waals surface area contributed by atoms with Crippen molar-refractivity contribution in [2.45, 2.75) is 25.1 Å². The molecular weight excluding hydrogens is 681 g/mol. The van der Waals surface area contributed by atoms with Crippen LogP contribution in [-0.2, 0) is 17.6 Å². The number of hydrogen-bond donors (Lipinski definition) is 1. The number of nitrogens with zero attached hydrogens (tertiary/aromatic N) is 1. The Balaban J connectivity index is 2.08. The Morgan fingerprint density at radius 3 is 2.48 bits per heavy atom. The van der Waals surface area contributed by atoms with Gasteiger partial charge in [-0.15, -0.1) is 0 Å². The summed E-state index contributed by atoms with van der Waals surface area (Å²) >= 11 is 7.56. The van der Waals surface area contributed by atoms with Gasteiger partial charge in [0.15, 0.2) is 0 Å². The molecule has 1 atom stereocenters. The Bertz CT molecular complexity index is 945. The van der Waals surface area contributed by atoms with E-state index < -0.39 is 18.1 Å². The number of carbonyl (C=O) groups is 1. The highest BCUT2D eigenvalue weighted by molar-refractivity contribution is 14.1. The molecule has 1 N–H and O–H groups in total. The number of hydrogen-bond acceptors (Lipinski definition) is 3. The minimum atomic E-state index is -4.95. The zero-order valence-electron chi connectivity index (χ0n) is 15.0. The zero-order chi connectivity index (χ0) is 21.5. The third-order valence-electron chi connectivity index (χ3n) is 4.79. The average molecular weight is 696 g/mol. The van der Waals surface area contributed by atoms with Gasteiger partial charge in [-0.3, -0.25) is 4.79 Å². The van der Waals surface area contributed by atoms with Crippen molar-refractivity contribution in [1.82, 2.24) is 4.90 Å². The fraction of sp³-hybridized carbons (Fsp3) is 0.316. The lowest BCUT2D eigenvalue weighted by atomic mass is 9.88. The van der Waals surface area contributed by atoms with E-state index in [1.54, 1.807) is 13.2 Å². The number of halogens is 6. The number of aromatic hydroxyl groups is 1. The van der Waals surface area contributed by atoms with Crippen LogP contribution in [0.25, 0.3) is 0 Å². The Kier molecular flexibility index (Phi) is 6.93. The fourth-order valence-electron chi connectivity index (χ4n) is 3.52. The van der Waals surface area contributed by atoms with Crippen LogP contribution in [0, 0.1) is 7.14 Å². The minimum absolute atomic E-state index is 0.0200. The first kappa shape index (κ1) is 22.9. The molecule has 0 aliphatic carbocycles. The quantitative estimate of drug-likeness (QED) is 0.426. The maximum absolute atomic E-state index is 13.2. The van der Waals surface area contributed by atoms with Gasteiger partial charge in [-0.05, 0) is 109 Å². The SMILES string of the molecule is COc1c(I)cc(CC2c3ccc(O)c(Br)c3CCN2C(=O)C(F)(F)F)cc1I. The van der Waals surface area contributed by atoms with Crippen molar-refractivity contribution in [2.24, 2.45) is 0 Å². The summed E-state index contributed by atoms with van der Waals surface area (Å²) in [6.45, 7) is -0.0810. The number of phenols is 1. The Morgan fingerprint density at radius 1 is 1.31 bits per heavy atom. The number of ether oxygens (including phenoxy) is 1. The summed E-state index contributed by atoms with van der Waals surface area (Å²) in [6.07, 6.45) is -4.52. The molecule has 29 heavy (non-hydrogen) atoms. The number of methoxy groups -OCH3 is 1. The molecule has 0 saturated heterocycles. The number of alkyl halides is 3. The number of rotatable bonds is 3. The van der Waals surface area contributed by atoms with Crippen LogP contribution in [0.5, 0.6) is 11.5 Å². The lowest BCUT2D eigenvalue weighted by Gasteiger charge is -2.38. The second-order valence-corrected chi connectivity index (χ2v) is 9.64. The molecule has 156 valence electrons. The molecule has 0 spiro atoms. The smallest absolute Gasteiger partial charge is 0.471 e. The molecule has 3 rings (SSSR count). The maximum Gasteiger partial charge on any atom is 0.471 e. The van der Waals surface area contributed by atoms with Gasteiger partial charge in [0.05, 0.1) is 24.8 Å². The second kappa shape index (κ2) is 8.77. The van der Waals surface area contributed by atoms with E-state index in [1.165, 1.54) is 6.07 Å². The van der Waals surface area contributed by atoms with E-state index in [0.29, 0.717) is 15.8 Å². The molecule has 1 heterocycles. The van der Waals surface area contributed by atoms with Gasteiger partial charge in [0, 0.05) is 6.54 Å². The number of phenolic OH excluding ortho intramolecular Hbond substituents is 1. The normalized spacial score (nSPS) is 16.5. The van der Waals surface area contributed by atoms with Gasteiger partial charge in [0.2, 0.25) is 0 Å². The van der Waals surface area contributed by atoms with Gasteiger partial charge >= 0.3 is 12.1 Å². The number of fused-ring (bicyclic) bond motifs is 1. The molecule has 0 aromatic heterocycles. The van der Waals surface area contributed by atoms with Gasteiger partial charge in [-0.1, -0.05) is 6.07 Å². The first-order chi connectivity index (χ1) is 13.5. The topological polar surface area (TPSA) is 49.8 Å². The summed E-state index contributed by atoms with van der Waals surface area (Å²) in [5.41, 5.74) is 2.11. The summed E-state index contributed by atoms with van der Waals surface area (Å²) in [5.74, 6) is -1.13. The highest BCUT2D eigenvalue weighted by atomic mass is 127. The van der Waals surface area contributed by atoms with E-state index in [9.17, 15) is 23.1 Å². The summed E-state index contributed by atoms with van der Waals surface area (Å²) in [7, 11) is 1.56. The predicted octanol–water partition coefficient (Wildman–Crippen LogP) is 5.60. The minimum Gasteiger partial charge on any atom is -0.507 e. The van der Waals surface area contributed by atoms with Gasteiger partial charge in [-0.25, -0.2) is 0 Å². The highest BCUT2D eigenvalue weighted by Crippen LogP contribution is 2.41. The molecule has 0 radical (unpaired) electrons. The van der Waals surface area contributed by atoms with E-state index >= 15 is 0 Å². The van der Waals surface area contributed by atoms with Crippen LogP contribution in [0.4, 0.5) is 13.2 Å². The van der Waals surface area contributed by atoms with Crippen LogP contribution >= 0.6 is 61.1 Å². The number of benzene rings is 2. The molecular formula is C19H15BrF3I2NO3. The van der Waals surface area contributed by atoms with Crippen molar-refractivity contribution in [1.29, 1.82) is 0 Å². The van der Waals surface area contributed by atoms with Crippen LogP contribution < -0.4 is 4.74 Å². The molecule has 1 aliphatic rings. The van der Waals surface area contributed by atoms with Crippen molar-refractivity contribution in [3.8, 4) is 11.5 Å². The standard InChI is InChI=1S/C19H15BrF3I2NO3/c1-29-17-12(24)6-9(7-13(17)25)8-14-10-2-3-15(27)16(20)11(10)4-5-26(14)18(28)19(21,22)23/h2-3,6-7,14,27H,4-5,8H2,1H3. The molecule has 1 aliphatic heterocycles. The van der Waals surface area contributed by atoms with Gasteiger partial charge < -0.3 is 14.7 Å². The van der Waals surface area contributed by atoms with Crippen LogP contribution in [0.15, 0.2) is 28.7 Å². The van der Waals surface area contributed by atoms with Crippen molar-refractivity contribution in [3.05, 3.63) is 52.6 Å². The maximum atomic E-state index is 13.2. The molecule has 1 unspecified atom stereocenters. The summed E-state index contributed by atoms with van der Waals surface area (Å²) in [6, 6.07) is 5.92. The predicted molar refractivity (Wildman–Crippen MR) is 122 cm³/mol. The molecule has 10 heteroatoms. The first-order valence-corrected chi connectivity index (χ1v) is 11.4. The largest absolute Gasteiger partial charge is 0.507 e. The lowest BCUT2D eigenvalue weighted by Crippen LogP contribution is -2.47. The van der Waals surface area contributed by atoms with Crippen molar-refractivity contribution in [2.75, 3.05) is 13.7 Å². The summed E-state index contributed by atoms with van der Waals surface area (Å²) < 4.78 is 47.2. The summed E-state index contributed by atoms with van der Waals surface area (Å²) in [4.78, 5) is 13.0. The van der Waals surface area contributed by atoms with Crippen LogP contribution in [0.3, 0.4) is 0 Å². The fourth-order valence-corrected chi connectivity index (χ4v) is 6.42. The molecule has 1 amide bonds. The number of carbonyl (C=O) groups excluding carboxylic acids is 1. The highest BCUT2D eigenvalue weighted by Gasteiger charge is 2.46. The lowest BCUT2D eigenvalue weighted by molar-refractivity contribution is -0.188. The Labute approximate surface area is 201 Å². The van der Waals surface area contributed by atoms with Crippen LogP contribution in [-0.4, -0.2) is 35.7 Å². The van der Waals surface area contributed by atoms with Gasteiger partial charge in [-0.2, -0.15) is 13.2 Å². The first-order valence-electron chi connectivity index (χ1n) is 8.44. The van der Waals surface area contributed by atoms with E-state index in [-0.39, 0.29) is 25.1 Å². The van der Waals surface area contributed by atoms with Gasteiger partial charge in [0.1, 0.15) is 11.5 Å². The van der Waals surface area contributed by atoms with E-state index in [2.05, 4.69) is 61.1 Å². The molecule has 2 aromatic carbocycles. The van der Waals surface area contributed by atoms with Crippen molar-refractivity contribution >= 4 is 67.0 Å². The van der Waals surface area contributed by atoms with Crippen molar-refractivity contribution < 1.29 is 27.8 Å². The molecule has 2 aromatic rings. The van der Waals surface area contributed by atoms with Crippen molar-refractivity contribution in [3.63, 3.8) is 0 Å². The number of amides is 1. The third-order valence-corrected chi connectivity index (χ3v) is 7.28. The molecule has 0 bridgehead atoms. The van der Waals surface area contributed by atoms with E-state index in [1.807, 2.05) is 12.1 Å². The van der Waals surface area contributed by atoms with Crippen LogP contribution in [0.2, 0.25) is 0 Å². The van der Waals surface area contributed by atoms with Gasteiger partial charge in [0.25, 0.3) is 0 Å². The van der Waals surface area contributed by atoms with E-state index in [0.717, 1.165) is 23.2 Å². The molecule has 0 saturated carbocycles. The monoisotopic (exact) mass is 695 g/mol.